The lowest BCUT2D eigenvalue weighted by Crippen LogP contribution is -2.09. The second-order valence-electron chi connectivity index (χ2n) is 7.95. The molecular weight excluding hydrogens is 531 g/mol. The van der Waals surface area contributed by atoms with E-state index in [0.29, 0.717) is 11.1 Å². The summed E-state index contributed by atoms with van der Waals surface area (Å²) in [5, 5.41) is -0.752. The summed E-state index contributed by atoms with van der Waals surface area (Å²) >= 11 is 12.6. The van der Waals surface area contributed by atoms with Crippen LogP contribution in [-0.2, 0) is 0 Å². The summed E-state index contributed by atoms with van der Waals surface area (Å²) in [5.74, 6) is -0.919. The molecule has 0 aliphatic heterocycles. The van der Waals surface area contributed by atoms with Crippen molar-refractivity contribution in [2.45, 2.75) is 12.9 Å². The van der Waals surface area contributed by atoms with E-state index in [0.717, 1.165) is 0 Å². The van der Waals surface area contributed by atoms with Crippen molar-refractivity contribution < 1.29 is 22.3 Å². The second-order valence-corrected chi connectivity index (χ2v) is 8.71. The lowest BCUT2D eigenvalue weighted by molar-refractivity contribution is 0.152. The van der Waals surface area contributed by atoms with E-state index in [9.17, 15) is 17.6 Å². The van der Waals surface area contributed by atoms with E-state index in [1.54, 1.807) is 60.7 Å². The minimum Gasteiger partial charge on any atom is -0.449 e. The molecular formula is C26H20Cl2F4N4O. The largest absolute Gasteiger partial charge is 0.449 e. The molecule has 37 heavy (non-hydrogen) atoms. The van der Waals surface area contributed by atoms with Crippen LogP contribution in [0.5, 0.6) is 11.5 Å². The van der Waals surface area contributed by atoms with E-state index < -0.39 is 46.9 Å². The standard InChI is InChI=1S/C26H20Cl2F4N4O/c27-17-13(11-7-3-1-4-8-11)19(33)23(21(35)15(17)25(29)30)37-24-20(34)14(12-9-5-2-6-10-12)18(28)16(22(24)36)26(31)32/h1-10,25-26H,33-36H2. The van der Waals surface area contributed by atoms with Crippen molar-refractivity contribution in [1.29, 1.82) is 0 Å². The zero-order chi connectivity index (χ0) is 27.0. The van der Waals surface area contributed by atoms with Gasteiger partial charge in [-0.05, 0) is 11.1 Å². The molecule has 0 radical (unpaired) electrons. The van der Waals surface area contributed by atoms with Crippen LogP contribution in [-0.4, -0.2) is 0 Å². The van der Waals surface area contributed by atoms with Crippen molar-refractivity contribution in [1.82, 2.24) is 0 Å². The molecule has 0 aliphatic rings. The first-order valence-corrected chi connectivity index (χ1v) is 11.5. The highest BCUT2D eigenvalue weighted by Crippen LogP contribution is 2.54. The Morgan fingerprint density at radius 1 is 0.541 bits per heavy atom. The highest BCUT2D eigenvalue weighted by molar-refractivity contribution is 6.36. The van der Waals surface area contributed by atoms with Gasteiger partial charge in [-0.2, -0.15) is 0 Å². The average molecular weight is 551 g/mol. The Bertz CT molecular complexity index is 1360. The van der Waals surface area contributed by atoms with Gasteiger partial charge in [-0.15, -0.1) is 0 Å². The van der Waals surface area contributed by atoms with Crippen LogP contribution in [0.1, 0.15) is 24.0 Å². The topological polar surface area (TPSA) is 113 Å². The third-order valence-corrected chi connectivity index (χ3v) is 6.56. The van der Waals surface area contributed by atoms with E-state index in [2.05, 4.69) is 0 Å². The van der Waals surface area contributed by atoms with E-state index in [4.69, 9.17) is 50.9 Å². The molecule has 0 bridgehead atoms. The molecule has 0 heterocycles. The molecule has 4 aromatic rings. The minimum atomic E-state index is -3.12. The van der Waals surface area contributed by atoms with Gasteiger partial charge in [0.25, 0.3) is 12.9 Å². The van der Waals surface area contributed by atoms with Crippen LogP contribution < -0.4 is 27.7 Å². The molecule has 0 aromatic heterocycles. The van der Waals surface area contributed by atoms with Crippen molar-refractivity contribution in [2.75, 3.05) is 22.9 Å². The molecule has 0 spiro atoms. The molecule has 0 saturated heterocycles. The Labute approximate surface area is 219 Å². The first kappa shape index (κ1) is 26.2. The Morgan fingerprint density at radius 2 is 0.865 bits per heavy atom. The number of anilines is 4. The van der Waals surface area contributed by atoms with Gasteiger partial charge in [0.15, 0.2) is 11.5 Å². The zero-order valence-electron chi connectivity index (χ0n) is 18.9. The Morgan fingerprint density at radius 3 is 1.16 bits per heavy atom. The molecule has 11 heteroatoms. The Hall–Kier alpha value is -3.82. The maximum atomic E-state index is 14.1. The van der Waals surface area contributed by atoms with Crippen LogP contribution in [0.25, 0.3) is 22.3 Å². The summed E-state index contributed by atoms with van der Waals surface area (Å²) < 4.78 is 62.1. The van der Waals surface area contributed by atoms with Crippen LogP contribution in [0, 0.1) is 0 Å². The van der Waals surface area contributed by atoms with Crippen molar-refractivity contribution in [3.63, 3.8) is 0 Å². The number of rotatable bonds is 6. The van der Waals surface area contributed by atoms with Gasteiger partial charge in [-0.1, -0.05) is 83.9 Å². The van der Waals surface area contributed by atoms with Gasteiger partial charge in [0.2, 0.25) is 0 Å². The van der Waals surface area contributed by atoms with Gasteiger partial charge >= 0.3 is 0 Å². The fraction of sp³-hybridized carbons (Fsp3) is 0.0769. The zero-order valence-corrected chi connectivity index (χ0v) is 20.4. The second kappa shape index (κ2) is 10.3. The predicted molar refractivity (Wildman–Crippen MR) is 141 cm³/mol. The highest BCUT2D eigenvalue weighted by atomic mass is 35.5. The number of ether oxygens (including phenoxy) is 1. The van der Waals surface area contributed by atoms with Crippen LogP contribution in [0.3, 0.4) is 0 Å². The number of alkyl halides is 4. The molecule has 0 saturated carbocycles. The first-order chi connectivity index (χ1) is 17.6. The molecule has 0 atom stereocenters. The molecule has 4 rings (SSSR count). The lowest BCUT2D eigenvalue weighted by Gasteiger charge is -2.24. The fourth-order valence-corrected chi connectivity index (χ4v) is 4.82. The van der Waals surface area contributed by atoms with Crippen LogP contribution >= 0.6 is 23.2 Å². The van der Waals surface area contributed by atoms with Gasteiger partial charge in [0.05, 0.1) is 43.9 Å². The van der Waals surface area contributed by atoms with E-state index in [1.165, 1.54) is 0 Å². The molecule has 4 aromatic carbocycles. The van der Waals surface area contributed by atoms with Crippen LogP contribution in [0.15, 0.2) is 60.7 Å². The van der Waals surface area contributed by atoms with Crippen LogP contribution in [0.2, 0.25) is 10.0 Å². The Balaban J connectivity index is 2.04. The first-order valence-electron chi connectivity index (χ1n) is 10.7. The van der Waals surface area contributed by atoms with E-state index in [1.807, 2.05) is 0 Å². The van der Waals surface area contributed by atoms with E-state index in [-0.39, 0.29) is 32.5 Å². The molecule has 0 amide bonds. The molecule has 8 N–H and O–H groups in total. The summed E-state index contributed by atoms with van der Waals surface area (Å²) in [6.45, 7) is 0. The normalized spacial score (nSPS) is 11.4. The molecule has 0 unspecified atom stereocenters. The highest BCUT2D eigenvalue weighted by Gasteiger charge is 2.31. The molecule has 0 fully saturated rings. The SMILES string of the molecule is Nc1c(Oc2c(N)c(-c3ccccc3)c(Cl)c(C(F)F)c2N)c(N)c(C(F)F)c(Cl)c1-c1ccccc1. The van der Waals surface area contributed by atoms with Crippen molar-refractivity contribution in [2.24, 2.45) is 0 Å². The molecule has 0 aliphatic carbocycles. The third-order valence-electron chi connectivity index (χ3n) is 5.77. The number of hydrogen-bond donors (Lipinski definition) is 4. The smallest absolute Gasteiger partial charge is 0.267 e. The Kier molecular flexibility index (Phi) is 7.29. The number of benzene rings is 4. The van der Waals surface area contributed by atoms with Gasteiger partial charge < -0.3 is 27.7 Å². The van der Waals surface area contributed by atoms with Gasteiger partial charge in [0.1, 0.15) is 0 Å². The summed E-state index contributed by atoms with van der Waals surface area (Å²) in [5.41, 5.74) is 22.4. The fourth-order valence-electron chi connectivity index (χ4n) is 4.03. The lowest BCUT2D eigenvalue weighted by atomic mass is 9.97. The van der Waals surface area contributed by atoms with E-state index >= 15 is 0 Å². The van der Waals surface area contributed by atoms with Gasteiger partial charge in [0, 0.05) is 11.1 Å². The minimum absolute atomic E-state index is 0.0187. The monoisotopic (exact) mass is 550 g/mol. The van der Waals surface area contributed by atoms with Crippen molar-refractivity contribution in [3.05, 3.63) is 81.8 Å². The van der Waals surface area contributed by atoms with Crippen molar-refractivity contribution in [3.8, 4) is 33.8 Å². The number of hydrogen-bond acceptors (Lipinski definition) is 5. The molecule has 192 valence electrons. The summed E-state index contributed by atoms with van der Waals surface area (Å²) in [4.78, 5) is 0. The molecule has 5 nitrogen and oxygen atoms in total. The summed E-state index contributed by atoms with van der Waals surface area (Å²) in [6.07, 6.45) is -6.23. The number of nitrogens with two attached hydrogens (primary N) is 4. The quantitative estimate of drug-likeness (QED) is 0.142. The average Bonchev–Trinajstić information content (AvgIpc) is 2.84. The summed E-state index contributed by atoms with van der Waals surface area (Å²) in [7, 11) is 0. The van der Waals surface area contributed by atoms with Crippen LogP contribution in [0.4, 0.5) is 40.3 Å². The number of nitrogen functional groups attached to an aromatic ring is 4. The van der Waals surface area contributed by atoms with Gasteiger partial charge in [-0.25, -0.2) is 17.6 Å². The number of halogens is 6. The maximum absolute atomic E-state index is 14.1. The van der Waals surface area contributed by atoms with Crippen molar-refractivity contribution >= 4 is 46.0 Å². The maximum Gasteiger partial charge on any atom is 0.267 e. The third kappa shape index (κ3) is 4.56. The predicted octanol–water partition coefficient (Wildman–Crippen LogP) is 8.32. The summed E-state index contributed by atoms with van der Waals surface area (Å²) in [6, 6.07) is 16.4. The van der Waals surface area contributed by atoms with Gasteiger partial charge in [-0.3, -0.25) is 0 Å².